The lowest BCUT2D eigenvalue weighted by Gasteiger charge is -2.20. The molecule has 1 fully saturated rings. The number of nitrogens with one attached hydrogen (secondary N) is 1. The molecule has 3 nitrogen and oxygen atoms in total. The normalized spacial score (nSPS) is 23.1. The molecule has 1 amide bonds. The second kappa shape index (κ2) is 6.38. The lowest BCUT2D eigenvalue weighted by molar-refractivity contribution is -0.121. The number of hydrogen-bond acceptors (Lipinski definition) is 3. The van der Waals surface area contributed by atoms with Gasteiger partial charge < -0.3 is 11.1 Å². The first-order valence-corrected chi connectivity index (χ1v) is 6.80. The van der Waals surface area contributed by atoms with Gasteiger partial charge in [-0.15, -0.1) is 11.8 Å². The number of thioether (sulfide) groups is 1. The van der Waals surface area contributed by atoms with E-state index in [4.69, 9.17) is 5.73 Å². The van der Waals surface area contributed by atoms with Crippen LogP contribution in [-0.4, -0.2) is 29.5 Å². The van der Waals surface area contributed by atoms with Crippen molar-refractivity contribution in [2.24, 2.45) is 11.7 Å². The molecule has 4 heteroatoms. The fraction of sp³-hybridized carbons (Fsp3) is 0.909. The average molecular weight is 230 g/mol. The van der Waals surface area contributed by atoms with Crippen LogP contribution in [0.15, 0.2) is 0 Å². The van der Waals surface area contributed by atoms with Crippen LogP contribution in [0.1, 0.15) is 33.1 Å². The van der Waals surface area contributed by atoms with Gasteiger partial charge in [-0.2, -0.15) is 0 Å². The van der Waals surface area contributed by atoms with Gasteiger partial charge in [0.1, 0.15) is 0 Å². The van der Waals surface area contributed by atoms with E-state index in [1.54, 1.807) is 11.8 Å². The Morgan fingerprint density at radius 2 is 2.33 bits per heavy atom. The molecule has 0 radical (unpaired) electrons. The summed E-state index contributed by atoms with van der Waals surface area (Å²) in [6.07, 6.45) is 3.16. The van der Waals surface area contributed by atoms with E-state index < -0.39 is 0 Å². The molecule has 0 aromatic heterocycles. The zero-order valence-corrected chi connectivity index (χ0v) is 10.5. The van der Waals surface area contributed by atoms with Crippen LogP contribution in [-0.2, 0) is 4.79 Å². The van der Waals surface area contributed by atoms with Crippen LogP contribution in [0.4, 0.5) is 0 Å². The Labute approximate surface area is 96.6 Å². The molecule has 1 aliphatic rings. The van der Waals surface area contributed by atoms with Crippen molar-refractivity contribution in [1.82, 2.24) is 5.32 Å². The number of carbonyl (C=O) groups is 1. The Morgan fingerprint density at radius 1 is 1.60 bits per heavy atom. The van der Waals surface area contributed by atoms with Gasteiger partial charge in [-0.1, -0.05) is 13.8 Å². The van der Waals surface area contributed by atoms with Crippen LogP contribution >= 0.6 is 11.8 Å². The minimum absolute atomic E-state index is 0.152. The van der Waals surface area contributed by atoms with E-state index in [0.29, 0.717) is 12.5 Å². The summed E-state index contributed by atoms with van der Waals surface area (Å²) in [5, 5.41) is 3.23. The third kappa shape index (κ3) is 4.43. The molecule has 0 aromatic rings. The summed E-state index contributed by atoms with van der Waals surface area (Å²) in [5.41, 5.74) is 5.65. The molecule has 2 unspecified atom stereocenters. The van der Waals surface area contributed by atoms with E-state index in [0.717, 1.165) is 18.6 Å². The summed E-state index contributed by atoms with van der Waals surface area (Å²) in [6.45, 7) is 4.85. The standard InChI is InChI=1S/C11H22N2OS/c1-8(2)6-9(7-12)13-11(14)10-4-3-5-15-10/h8-10H,3-7,12H2,1-2H3,(H,13,14). The van der Waals surface area contributed by atoms with Gasteiger partial charge in [0.15, 0.2) is 0 Å². The molecule has 0 spiro atoms. The summed E-state index contributed by atoms with van der Waals surface area (Å²) in [6, 6.07) is 0.152. The number of rotatable bonds is 5. The quantitative estimate of drug-likeness (QED) is 0.750. The molecular weight excluding hydrogens is 208 g/mol. The lowest BCUT2D eigenvalue weighted by Crippen LogP contribution is -2.44. The van der Waals surface area contributed by atoms with E-state index in [2.05, 4.69) is 19.2 Å². The summed E-state index contributed by atoms with van der Waals surface area (Å²) in [7, 11) is 0. The Hall–Kier alpha value is -0.220. The van der Waals surface area contributed by atoms with Crippen molar-refractivity contribution < 1.29 is 4.79 Å². The average Bonchev–Trinajstić information content (AvgIpc) is 2.68. The first-order chi connectivity index (χ1) is 7.13. The van der Waals surface area contributed by atoms with Crippen molar-refractivity contribution in [3.05, 3.63) is 0 Å². The molecule has 0 aromatic carbocycles. The fourth-order valence-electron chi connectivity index (χ4n) is 1.86. The number of carbonyl (C=O) groups excluding carboxylic acids is 1. The van der Waals surface area contributed by atoms with Crippen LogP contribution in [0, 0.1) is 5.92 Å². The third-order valence-electron chi connectivity index (χ3n) is 2.61. The monoisotopic (exact) mass is 230 g/mol. The second-order valence-electron chi connectivity index (χ2n) is 4.57. The molecule has 1 saturated heterocycles. The molecule has 0 saturated carbocycles. The maximum atomic E-state index is 11.8. The highest BCUT2D eigenvalue weighted by Gasteiger charge is 2.24. The van der Waals surface area contributed by atoms with Crippen LogP contribution in [0.2, 0.25) is 0 Å². The first kappa shape index (κ1) is 12.8. The van der Waals surface area contributed by atoms with E-state index >= 15 is 0 Å². The molecular formula is C11H22N2OS. The van der Waals surface area contributed by atoms with Crippen LogP contribution in [0.25, 0.3) is 0 Å². The van der Waals surface area contributed by atoms with E-state index in [1.165, 1.54) is 6.42 Å². The Bertz CT molecular complexity index is 203. The minimum Gasteiger partial charge on any atom is -0.351 e. The van der Waals surface area contributed by atoms with Crippen LogP contribution in [0.5, 0.6) is 0 Å². The molecule has 1 rings (SSSR count). The highest BCUT2D eigenvalue weighted by molar-refractivity contribution is 8.00. The molecule has 2 atom stereocenters. The van der Waals surface area contributed by atoms with Crippen LogP contribution in [0.3, 0.4) is 0 Å². The van der Waals surface area contributed by atoms with E-state index in [9.17, 15) is 4.79 Å². The van der Waals surface area contributed by atoms with Crippen molar-refractivity contribution in [3.8, 4) is 0 Å². The third-order valence-corrected chi connectivity index (χ3v) is 3.99. The molecule has 3 N–H and O–H groups in total. The van der Waals surface area contributed by atoms with Gasteiger partial charge >= 0.3 is 0 Å². The van der Waals surface area contributed by atoms with Gasteiger partial charge in [0.05, 0.1) is 5.25 Å². The smallest absolute Gasteiger partial charge is 0.233 e. The van der Waals surface area contributed by atoms with Gasteiger partial charge in [0.2, 0.25) is 5.91 Å². The molecule has 1 heterocycles. The van der Waals surface area contributed by atoms with Gasteiger partial charge in [0.25, 0.3) is 0 Å². The second-order valence-corrected chi connectivity index (χ2v) is 5.88. The number of hydrogen-bond donors (Lipinski definition) is 2. The Morgan fingerprint density at radius 3 is 2.80 bits per heavy atom. The maximum Gasteiger partial charge on any atom is 0.233 e. The van der Waals surface area contributed by atoms with E-state index in [-0.39, 0.29) is 17.2 Å². The van der Waals surface area contributed by atoms with Gasteiger partial charge in [-0.05, 0) is 30.9 Å². The van der Waals surface area contributed by atoms with Crippen molar-refractivity contribution in [2.45, 2.75) is 44.4 Å². The zero-order valence-electron chi connectivity index (χ0n) is 9.66. The van der Waals surface area contributed by atoms with Gasteiger partial charge in [-0.3, -0.25) is 4.79 Å². The summed E-state index contributed by atoms with van der Waals surface area (Å²) in [4.78, 5) is 11.8. The topological polar surface area (TPSA) is 55.1 Å². The van der Waals surface area contributed by atoms with Gasteiger partial charge in [0, 0.05) is 12.6 Å². The highest BCUT2D eigenvalue weighted by Crippen LogP contribution is 2.26. The predicted molar refractivity (Wildman–Crippen MR) is 65.9 cm³/mol. The Kier molecular flexibility index (Phi) is 5.47. The lowest BCUT2D eigenvalue weighted by atomic mass is 10.0. The zero-order chi connectivity index (χ0) is 11.3. The molecule has 88 valence electrons. The van der Waals surface area contributed by atoms with Crippen LogP contribution < -0.4 is 11.1 Å². The predicted octanol–water partition coefficient (Wildman–Crippen LogP) is 1.37. The van der Waals surface area contributed by atoms with Crippen molar-refractivity contribution in [3.63, 3.8) is 0 Å². The van der Waals surface area contributed by atoms with Gasteiger partial charge in [-0.25, -0.2) is 0 Å². The molecule has 0 aliphatic carbocycles. The largest absolute Gasteiger partial charge is 0.351 e. The van der Waals surface area contributed by atoms with Crippen molar-refractivity contribution in [2.75, 3.05) is 12.3 Å². The summed E-state index contributed by atoms with van der Waals surface area (Å²) >= 11 is 1.77. The highest BCUT2D eigenvalue weighted by atomic mass is 32.2. The Balaban J connectivity index is 2.33. The van der Waals surface area contributed by atoms with E-state index in [1.807, 2.05) is 0 Å². The maximum absolute atomic E-state index is 11.8. The summed E-state index contributed by atoms with van der Waals surface area (Å²) in [5.74, 6) is 1.89. The first-order valence-electron chi connectivity index (χ1n) is 5.75. The number of nitrogens with two attached hydrogens (primary N) is 1. The molecule has 15 heavy (non-hydrogen) atoms. The fourth-order valence-corrected chi connectivity index (χ4v) is 3.03. The molecule has 1 aliphatic heterocycles. The SMILES string of the molecule is CC(C)CC(CN)NC(=O)C1CCCS1. The van der Waals surface area contributed by atoms with Crippen molar-refractivity contribution >= 4 is 17.7 Å². The minimum atomic E-state index is 0.152. The number of amides is 1. The molecule has 0 bridgehead atoms. The summed E-state index contributed by atoms with van der Waals surface area (Å²) < 4.78 is 0. The van der Waals surface area contributed by atoms with Crippen molar-refractivity contribution in [1.29, 1.82) is 0 Å².